The fourth-order valence-electron chi connectivity index (χ4n) is 2.42. The third kappa shape index (κ3) is 3.94. The second kappa shape index (κ2) is 5.56. The van der Waals surface area contributed by atoms with Crippen LogP contribution in [0, 0.1) is 5.41 Å². The lowest BCUT2D eigenvalue weighted by atomic mass is 9.66. The van der Waals surface area contributed by atoms with Crippen LogP contribution in [0.15, 0.2) is 6.20 Å². The van der Waals surface area contributed by atoms with Gasteiger partial charge in [0.2, 0.25) is 10.0 Å². The summed E-state index contributed by atoms with van der Waals surface area (Å²) in [6.07, 6.45) is -1.75. The number of nitrogens with zero attached hydrogens (tertiary/aromatic N) is 3. The van der Waals surface area contributed by atoms with Crippen molar-refractivity contribution in [3.63, 3.8) is 0 Å². The highest BCUT2D eigenvalue weighted by Crippen LogP contribution is 2.55. The Bertz CT molecular complexity index is 593. The number of nitrogens with two attached hydrogens (primary N) is 1. The summed E-state index contributed by atoms with van der Waals surface area (Å²) in [5.41, 5.74) is -1.20. The smallest absolute Gasteiger partial charge is 0.252 e. The highest BCUT2D eigenvalue weighted by molar-refractivity contribution is 7.89. The topological polar surface area (TPSA) is 90.9 Å². The summed E-state index contributed by atoms with van der Waals surface area (Å²) in [7, 11) is -3.59. The molecule has 1 aliphatic carbocycles. The van der Waals surface area contributed by atoms with Crippen LogP contribution in [0.3, 0.4) is 0 Å². The Morgan fingerprint density at radius 2 is 2.05 bits per heavy atom. The maximum absolute atomic E-state index is 13.0. The largest absolute Gasteiger partial charge is 0.394 e. The molecule has 10 heteroatoms. The van der Waals surface area contributed by atoms with Crippen LogP contribution in [0.1, 0.15) is 31.4 Å². The first kappa shape index (κ1) is 16.2. The second-order valence-corrected chi connectivity index (χ2v) is 7.21. The number of rotatable bonds is 6. The molecule has 0 saturated heterocycles. The standard InChI is InChI=1S/C11H17F3N4O2S/c12-11(13,14)10(3-1-4-10)5-6-18-8-9(16-17-18)2-7-21(15,19)20/h8H,1-7H2,(H2,15,19,20). The predicted molar refractivity (Wildman–Crippen MR) is 68.7 cm³/mol. The minimum Gasteiger partial charge on any atom is -0.252 e. The van der Waals surface area contributed by atoms with Gasteiger partial charge in [0.1, 0.15) is 0 Å². The number of alkyl halides is 3. The number of sulfonamides is 1. The third-order valence-electron chi connectivity index (χ3n) is 3.96. The van der Waals surface area contributed by atoms with Gasteiger partial charge < -0.3 is 0 Å². The van der Waals surface area contributed by atoms with Crippen molar-refractivity contribution in [1.29, 1.82) is 0 Å². The van der Waals surface area contributed by atoms with E-state index < -0.39 is 21.6 Å². The van der Waals surface area contributed by atoms with E-state index in [1.165, 1.54) is 10.9 Å². The van der Waals surface area contributed by atoms with Gasteiger partial charge in [0.25, 0.3) is 0 Å². The lowest BCUT2D eigenvalue weighted by Gasteiger charge is -2.43. The number of halogens is 3. The van der Waals surface area contributed by atoms with Gasteiger partial charge >= 0.3 is 6.18 Å². The summed E-state index contributed by atoms with van der Waals surface area (Å²) in [6, 6.07) is 0. The Kier molecular flexibility index (Phi) is 4.29. The summed E-state index contributed by atoms with van der Waals surface area (Å²) in [6.45, 7) is 0.113. The number of hydrogen-bond donors (Lipinski definition) is 1. The Morgan fingerprint density at radius 1 is 1.38 bits per heavy atom. The van der Waals surface area contributed by atoms with Gasteiger partial charge in [0.05, 0.1) is 16.9 Å². The number of primary sulfonamides is 1. The zero-order chi connectivity index (χ0) is 15.7. The van der Waals surface area contributed by atoms with E-state index >= 15 is 0 Å². The van der Waals surface area contributed by atoms with Crippen molar-refractivity contribution in [2.45, 2.75) is 44.8 Å². The van der Waals surface area contributed by atoms with E-state index in [1.54, 1.807) is 0 Å². The number of aryl methyl sites for hydroxylation is 2. The molecule has 0 radical (unpaired) electrons. The Morgan fingerprint density at radius 3 is 2.52 bits per heavy atom. The van der Waals surface area contributed by atoms with Crippen molar-refractivity contribution in [1.82, 2.24) is 15.0 Å². The molecule has 120 valence electrons. The van der Waals surface area contributed by atoms with E-state index in [2.05, 4.69) is 10.3 Å². The molecule has 0 spiro atoms. The highest BCUT2D eigenvalue weighted by atomic mass is 32.2. The molecule has 21 heavy (non-hydrogen) atoms. The Balaban J connectivity index is 1.91. The summed E-state index contributed by atoms with van der Waals surface area (Å²) < 4.78 is 61.9. The van der Waals surface area contributed by atoms with E-state index in [9.17, 15) is 21.6 Å². The number of aromatic nitrogens is 3. The van der Waals surface area contributed by atoms with Gasteiger partial charge in [-0.1, -0.05) is 11.6 Å². The molecular weight excluding hydrogens is 309 g/mol. The fourth-order valence-corrected chi connectivity index (χ4v) is 2.91. The van der Waals surface area contributed by atoms with Crippen LogP contribution in [0.2, 0.25) is 0 Å². The molecule has 1 aliphatic rings. The van der Waals surface area contributed by atoms with Crippen molar-refractivity contribution < 1.29 is 21.6 Å². The van der Waals surface area contributed by atoms with Gasteiger partial charge in [-0.05, 0) is 19.3 Å². The molecule has 0 bridgehead atoms. The maximum Gasteiger partial charge on any atom is 0.394 e. The molecule has 1 heterocycles. The Labute approximate surface area is 120 Å². The molecule has 2 N–H and O–H groups in total. The maximum atomic E-state index is 13.0. The fraction of sp³-hybridized carbons (Fsp3) is 0.818. The first-order chi connectivity index (χ1) is 9.61. The van der Waals surface area contributed by atoms with Crippen LogP contribution in [-0.2, 0) is 23.0 Å². The minimum absolute atomic E-state index is 0.0332. The Hall–Kier alpha value is -1.16. The van der Waals surface area contributed by atoms with Gasteiger partial charge in [-0.2, -0.15) is 13.2 Å². The van der Waals surface area contributed by atoms with Crippen molar-refractivity contribution in [3.05, 3.63) is 11.9 Å². The molecule has 0 aromatic carbocycles. The third-order valence-corrected chi connectivity index (χ3v) is 4.73. The average molecular weight is 326 g/mol. The summed E-state index contributed by atoms with van der Waals surface area (Å²) in [5.74, 6) is -0.266. The molecule has 1 aromatic heterocycles. The molecule has 1 aromatic rings. The van der Waals surface area contributed by atoms with E-state index in [-0.39, 0.29) is 38.0 Å². The van der Waals surface area contributed by atoms with E-state index in [4.69, 9.17) is 5.14 Å². The summed E-state index contributed by atoms with van der Waals surface area (Å²) in [5, 5.41) is 12.3. The SMILES string of the molecule is NS(=O)(=O)CCc1cn(CCC2(C(F)(F)F)CCC2)nn1. The van der Waals surface area contributed by atoms with Crippen molar-refractivity contribution >= 4 is 10.0 Å². The average Bonchev–Trinajstić information content (AvgIpc) is 2.70. The van der Waals surface area contributed by atoms with Crippen molar-refractivity contribution in [2.24, 2.45) is 10.6 Å². The highest BCUT2D eigenvalue weighted by Gasteiger charge is 2.57. The first-order valence-electron chi connectivity index (χ1n) is 6.58. The van der Waals surface area contributed by atoms with Crippen molar-refractivity contribution in [3.8, 4) is 0 Å². The molecule has 0 amide bonds. The van der Waals surface area contributed by atoms with Crippen LogP contribution < -0.4 is 5.14 Å². The van der Waals surface area contributed by atoms with E-state index in [1.807, 2.05) is 0 Å². The van der Waals surface area contributed by atoms with Gasteiger partial charge in [-0.25, -0.2) is 13.6 Å². The van der Waals surface area contributed by atoms with Gasteiger partial charge in [-0.15, -0.1) is 5.10 Å². The predicted octanol–water partition coefficient (Wildman–Crippen LogP) is 1.23. The molecule has 0 atom stereocenters. The van der Waals surface area contributed by atoms with Crippen LogP contribution in [0.25, 0.3) is 0 Å². The van der Waals surface area contributed by atoms with Gasteiger partial charge in [0, 0.05) is 19.2 Å². The molecule has 0 unspecified atom stereocenters. The molecule has 6 nitrogen and oxygen atoms in total. The first-order valence-corrected chi connectivity index (χ1v) is 8.29. The van der Waals surface area contributed by atoms with E-state index in [0.717, 1.165) is 0 Å². The van der Waals surface area contributed by atoms with Crippen LogP contribution in [0.4, 0.5) is 13.2 Å². The molecule has 1 fully saturated rings. The summed E-state index contributed by atoms with van der Waals surface area (Å²) >= 11 is 0. The number of hydrogen-bond acceptors (Lipinski definition) is 4. The zero-order valence-electron chi connectivity index (χ0n) is 11.3. The second-order valence-electron chi connectivity index (χ2n) is 5.47. The molecule has 2 rings (SSSR count). The van der Waals surface area contributed by atoms with Gasteiger partial charge in [-0.3, -0.25) is 4.68 Å². The van der Waals surface area contributed by atoms with E-state index in [0.29, 0.717) is 12.1 Å². The molecule has 1 saturated carbocycles. The quantitative estimate of drug-likeness (QED) is 0.851. The molecular formula is C11H17F3N4O2S. The lowest BCUT2D eigenvalue weighted by Crippen LogP contribution is -2.44. The van der Waals surface area contributed by atoms with Crippen LogP contribution >= 0.6 is 0 Å². The summed E-state index contributed by atoms with van der Waals surface area (Å²) in [4.78, 5) is 0. The van der Waals surface area contributed by atoms with Crippen molar-refractivity contribution in [2.75, 3.05) is 5.75 Å². The monoisotopic (exact) mass is 326 g/mol. The van der Waals surface area contributed by atoms with Crippen LogP contribution in [-0.4, -0.2) is 35.3 Å². The minimum atomic E-state index is -4.19. The van der Waals surface area contributed by atoms with Gasteiger partial charge in [0.15, 0.2) is 0 Å². The normalized spacial score (nSPS) is 18.5. The lowest BCUT2D eigenvalue weighted by molar-refractivity contribution is -0.254. The molecule has 0 aliphatic heterocycles. The zero-order valence-corrected chi connectivity index (χ0v) is 12.1. The van der Waals surface area contributed by atoms with Crippen LogP contribution in [0.5, 0.6) is 0 Å².